The second-order valence-electron chi connectivity index (χ2n) is 3.91. The van der Waals surface area contributed by atoms with Gasteiger partial charge in [0.1, 0.15) is 0 Å². The minimum Gasteiger partial charge on any atom is -0.327 e. The van der Waals surface area contributed by atoms with Gasteiger partial charge in [0, 0.05) is 28.7 Å². The van der Waals surface area contributed by atoms with E-state index in [0.29, 0.717) is 11.3 Å². The minimum atomic E-state index is -1.25. The van der Waals surface area contributed by atoms with E-state index in [1.807, 2.05) is 6.92 Å². The fourth-order valence-electron chi connectivity index (χ4n) is 1.44. The van der Waals surface area contributed by atoms with Gasteiger partial charge >= 0.3 is 0 Å². The van der Waals surface area contributed by atoms with Gasteiger partial charge in [-0.15, -0.1) is 0 Å². The third-order valence-corrected chi connectivity index (χ3v) is 4.29. The smallest absolute Gasteiger partial charge is 0.275 e. The van der Waals surface area contributed by atoms with Gasteiger partial charge < -0.3 is 5.73 Å². The summed E-state index contributed by atoms with van der Waals surface area (Å²) in [5.74, 6) is 0.378. The first-order chi connectivity index (χ1) is 8.45. The van der Waals surface area contributed by atoms with Gasteiger partial charge in [-0.2, -0.15) is 0 Å². The normalized spacial score (nSPS) is 14.2. The van der Waals surface area contributed by atoms with Gasteiger partial charge in [0.25, 0.3) is 5.69 Å². The van der Waals surface area contributed by atoms with E-state index >= 15 is 0 Å². The second kappa shape index (κ2) is 6.82. The van der Waals surface area contributed by atoms with E-state index in [0.717, 1.165) is 6.42 Å². The molecule has 5 nitrogen and oxygen atoms in total. The molecule has 0 aromatic heterocycles. The summed E-state index contributed by atoms with van der Waals surface area (Å²) in [4.78, 5) is 10.3. The summed E-state index contributed by atoms with van der Waals surface area (Å²) in [6, 6.07) is 4.26. The van der Waals surface area contributed by atoms with Gasteiger partial charge in [-0.1, -0.05) is 24.6 Å². The second-order valence-corrected chi connectivity index (χ2v) is 5.82. The lowest BCUT2D eigenvalue weighted by Gasteiger charge is -2.09. The van der Waals surface area contributed by atoms with Crippen LogP contribution in [0.15, 0.2) is 18.2 Å². The monoisotopic (exact) mass is 290 g/mol. The minimum absolute atomic E-state index is 0.0592. The maximum atomic E-state index is 11.9. The molecule has 1 aromatic carbocycles. The topological polar surface area (TPSA) is 86.2 Å². The van der Waals surface area contributed by atoms with Crippen molar-refractivity contribution in [2.75, 3.05) is 5.75 Å². The Morgan fingerprint density at radius 3 is 2.78 bits per heavy atom. The molecule has 0 saturated heterocycles. The predicted octanol–water partition coefficient (Wildman–Crippen LogP) is 2.23. The first-order valence-corrected chi connectivity index (χ1v) is 7.34. The molecule has 2 unspecified atom stereocenters. The zero-order chi connectivity index (χ0) is 13.7. The lowest BCUT2D eigenvalue weighted by atomic mass is 10.2. The van der Waals surface area contributed by atoms with Crippen molar-refractivity contribution in [2.45, 2.75) is 25.1 Å². The summed E-state index contributed by atoms with van der Waals surface area (Å²) in [6.45, 7) is 1.90. The number of hydrogen-bond acceptors (Lipinski definition) is 4. The molecule has 0 spiro atoms. The van der Waals surface area contributed by atoms with Crippen molar-refractivity contribution in [2.24, 2.45) is 5.73 Å². The average Bonchev–Trinajstić information content (AvgIpc) is 2.31. The lowest BCUT2D eigenvalue weighted by Crippen LogP contribution is -2.26. The molecule has 0 radical (unpaired) electrons. The fourth-order valence-corrected chi connectivity index (χ4v) is 3.21. The van der Waals surface area contributed by atoms with Crippen LogP contribution >= 0.6 is 11.6 Å². The van der Waals surface area contributed by atoms with Crippen LogP contribution in [0.25, 0.3) is 0 Å². The molecule has 0 aliphatic rings. The first-order valence-electron chi connectivity index (χ1n) is 5.48. The Morgan fingerprint density at radius 2 is 2.22 bits per heavy atom. The first kappa shape index (κ1) is 15.1. The van der Waals surface area contributed by atoms with Crippen molar-refractivity contribution < 1.29 is 9.13 Å². The Hall–Kier alpha value is -0.980. The van der Waals surface area contributed by atoms with E-state index < -0.39 is 15.7 Å². The van der Waals surface area contributed by atoms with Crippen molar-refractivity contribution >= 4 is 28.1 Å². The third kappa shape index (κ3) is 4.04. The summed E-state index contributed by atoms with van der Waals surface area (Å²) in [6.07, 6.45) is 0.719. The highest BCUT2D eigenvalue weighted by Gasteiger charge is 2.19. The van der Waals surface area contributed by atoms with Crippen LogP contribution < -0.4 is 5.73 Å². The summed E-state index contributed by atoms with van der Waals surface area (Å²) < 4.78 is 11.9. The Kier molecular flexibility index (Phi) is 5.71. The Morgan fingerprint density at radius 1 is 1.56 bits per heavy atom. The van der Waals surface area contributed by atoms with E-state index in [-0.39, 0.29) is 22.5 Å². The third-order valence-electron chi connectivity index (χ3n) is 2.52. The number of nitrogens with two attached hydrogens (primary N) is 1. The summed E-state index contributed by atoms with van der Waals surface area (Å²) in [5.41, 5.74) is 5.92. The van der Waals surface area contributed by atoms with Crippen LogP contribution in [0.2, 0.25) is 5.02 Å². The van der Waals surface area contributed by atoms with Crippen molar-refractivity contribution in [1.29, 1.82) is 0 Å². The highest BCUT2D eigenvalue weighted by Crippen LogP contribution is 2.27. The van der Waals surface area contributed by atoms with Gasteiger partial charge in [0.2, 0.25) is 0 Å². The number of nitrogens with zero attached hydrogens (tertiary/aromatic N) is 1. The van der Waals surface area contributed by atoms with Crippen LogP contribution in [0.5, 0.6) is 0 Å². The highest BCUT2D eigenvalue weighted by molar-refractivity contribution is 7.84. The SMILES string of the molecule is CCC(N)CS(=O)Cc1c(Cl)cccc1[N+](=O)[O-]. The van der Waals surface area contributed by atoms with E-state index in [1.165, 1.54) is 12.1 Å². The summed E-state index contributed by atoms with van der Waals surface area (Å²) in [7, 11) is -1.25. The van der Waals surface area contributed by atoms with Gasteiger partial charge in [-0.05, 0) is 12.5 Å². The van der Waals surface area contributed by atoms with Crippen molar-refractivity contribution in [1.82, 2.24) is 0 Å². The molecule has 2 atom stereocenters. The maximum Gasteiger partial charge on any atom is 0.275 e. The average molecular weight is 291 g/mol. The van der Waals surface area contributed by atoms with Crippen LogP contribution in [-0.2, 0) is 16.6 Å². The lowest BCUT2D eigenvalue weighted by molar-refractivity contribution is -0.385. The number of benzene rings is 1. The Balaban J connectivity index is 2.90. The number of hydrogen-bond donors (Lipinski definition) is 1. The Labute approximate surface area is 113 Å². The van der Waals surface area contributed by atoms with E-state index in [1.54, 1.807) is 6.07 Å². The van der Waals surface area contributed by atoms with E-state index in [4.69, 9.17) is 17.3 Å². The maximum absolute atomic E-state index is 11.9. The van der Waals surface area contributed by atoms with Crippen LogP contribution in [-0.4, -0.2) is 20.9 Å². The molecule has 0 aliphatic heterocycles. The molecule has 2 N–H and O–H groups in total. The molecular weight excluding hydrogens is 276 g/mol. The largest absolute Gasteiger partial charge is 0.327 e. The molecule has 0 aliphatic carbocycles. The van der Waals surface area contributed by atoms with Crippen LogP contribution in [0.4, 0.5) is 5.69 Å². The Bertz CT molecular complexity index is 468. The molecule has 7 heteroatoms. The molecular formula is C11H15ClN2O3S. The van der Waals surface area contributed by atoms with Crippen molar-refractivity contribution in [3.8, 4) is 0 Å². The number of nitro groups is 1. The van der Waals surface area contributed by atoms with Crippen molar-refractivity contribution in [3.63, 3.8) is 0 Å². The van der Waals surface area contributed by atoms with Gasteiger partial charge in [0.05, 0.1) is 21.3 Å². The number of rotatable bonds is 6. The molecule has 0 fully saturated rings. The summed E-state index contributed by atoms with van der Waals surface area (Å²) in [5, 5.41) is 11.1. The molecule has 0 bridgehead atoms. The number of halogens is 1. The summed E-state index contributed by atoms with van der Waals surface area (Å²) >= 11 is 5.92. The molecule has 0 amide bonds. The van der Waals surface area contributed by atoms with E-state index in [2.05, 4.69) is 0 Å². The van der Waals surface area contributed by atoms with Crippen LogP contribution in [0.3, 0.4) is 0 Å². The van der Waals surface area contributed by atoms with E-state index in [9.17, 15) is 14.3 Å². The highest BCUT2D eigenvalue weighted by atomic mass is 35.5. The van der Waals surface area contributed by atoms with Crippen LogP contribution in [0, 0.1) is 10.1 Å². The zero-order valence-corrected chi connectivity index (χ0v) is 11.5. The van der Waals surface area contributed by atoms with Gasteiger partial charge in [0.15, 0.2) is 0 Å². The molecule has 1 rings (SSSR count). The van der Waals surface area contributed by atoms with Gasteiger partial charge in [-0.3, -0.25) is 14.3 Å². The molecule has 0 heterocycles. The molecule has 1 aromatic rings. The van der Waals surface area contributed by atoms with Crippen molar-refractivity contribution in [3.05, 3.63) is 38.9 Å². The fraction of sp³-hybridized carbons (Fsp3) is 0.455. The zero-order valence-electron chi connectivity index (χ0n) is 9.97. The number of nitro benzene ring substituents is 1. The molecule has 100 valence electrons. The standard InChI is InChI=1S/C11H15ClN2O3S/c1-2-8(13)6-18(17)7-9-10(12)4-3-5-11(9)14(15)16/h3-5,8H,2,6-7,13H2,1H3. The predicted molar refractivity (Wildman–Crippen MR) is 73.1 cm³/mol. The van der Waals surface area contributed by atoms with Gasteiger partial charge in [-0.25, -0.2) is 0 Å². The molecule has 0 saturated carbocycles. The van der Waals surface area contributed by atoms with Crippen LogP contribution in [0.1, 0.15) is 18.9 Å². The quantitative estimate of drug-likeness (QED) is 0.643. The molecule has 18 heavy (non-hydrogen) atoms.